The predicted octanol–water partition coefficient (Wildman–Crippen LogP) is 4.46. The molecule has 0 aliphatic heterocycles. The molecule has 0 saturated heterocycles. The van der Waals surface area contributed by atoms with E-state index in [2.05, 4.69) is 5.32 Å². The first-order valence-electron chi connectivity index (χ1n) is 9.33. The Bertz CT molecular complexity index is 1220. The van der Waals surface area contributed by atoms with Crippen LogP contribution < -0.4 is 10.1 Å². The fourth-order valence-electron chi connectivity index (χ4n) is 2.94. The van der Waals surface area contributed by atoms with E-state index in [1.165, 1.54) is 25.3 Å². The number of nitrogens with zero attached hydrogens (tertiary/aromatic N) is 1. The summed E-state index contributed by atoms with van der Waals surface area (Å²) in [4.78, 5) is 12.4. The monoisotopic (exact) mass is 480 g/mol. The second-order valence-corrected chi connectivity index (χ2v) is 9.07. The maximum absolute atomic E-state index is 13.9. The van der Waals surface area contributed by atoms with Crippen LogP contribution in [0.5, 0.6) is 5.75 Å². The number of nitrogens with one attached hydrogen (secondary N) is 1. The van der Waals surface area contributed by atoms with Crippen molar-refractivity contribution in [3.05, 3.63) is 89.0 Å². The van der Waals surface area contributed by atoms with Crippen LogP contribution in [-0.2, 0) is 21.4 Å². The van der Waals surface area contributed by atoms with Gasteiger partial charge in [-0.15, -0.1) is 0 Å². The van der Waals surface area contributed by atoms with E-state index >= 15 is 0 Å². The highest BCUT2D eigenvalue weighted by Crippen LogP contribution is 2.30. The Morgan fingerprint density at radius 2 is 1.78 bits per heavy atom. The van der Waals surface area contributed by atoms with Gasteiger partial charge < -0.3 is 10.1 Å². The summed E-state index contributed by atoms with van der Waals surface area (Å²) in [7, 11) is -2.95. The van der Waals surface area contributed by atoms with Crippen LogP contribution >= 0.6 is 11.6 Å². The van der Waals surface area contributed by atoms with Crippen molar-refractivity contribution in [1.82, 2.24) is 4.31 Å². The van der Waals surface area contributed by atoms with Gasteiger partial charge in [0.05, 0.1) is 19.3 Å². The Hall–Kier alpha value is -3.01. The predicted molar refractivity (Wildman–Crippen MR) is 117 cm³/mol. The van der Waals surface area contributed by atoms with Crippen molar-refractivity contribution in [2.24, 2.45) is 0 Å². The Balaban J connectivity index is 1.95. The average molecular weight is 481 g/mol. The van der Waals surface area contributed by atoms with Crippen LogP contribution in [0.3, 0.4) is 0 Å². The number of anilines is 1. The minimum atomic E-state index is -4.26. The van der Waals surface area contributed by atoms with Crippen LogP contribution in [0.1, 0.15) is 5.56 Å². The topological polar surface area (TPSA) is 75.7 Å². The highest BCUT2D eigenvalue weighted by atomic mass is 35.5. The van der Waals surface area contributed by atoms with E-state index in [1.54, 1.807) is 30.3 Å². The first-order valence-corrected chi connectivity index (χ1v) is 11.1. The highest BCUT2D eigenvalue weighted by Gasteiger charge is 2.30. The van der Waals surface area contributed by atoms with Gasteiger partial charge in [0.25, 0.3) is 0 Å². The van der Waals surface area contributed by atoms with Crippen molar-refractivity contribution < 1.29 is 26.7 Å². The lowest BCUT2D eigenvalue weighted by atomic mass is 10.2. The molecule has 0 unspecified atom stereocenters. The lowest BCUT2D eigenvalue weighted by Crippen LogP contribution is -2.37. The molecule has 0 bridgehead atoms. The van der Waals surface area contributed by atoms with Crippen molar-refractivity contribution in [3.63, 3.8) is 0 Å². The number of amides is 1. The molecule has 3 aromatic carbocycles. The molecule has 0 fully saturated rings. The molecule has 168 valence electrons. The molecule has 0 heterocycles. The maximum Gasteiger partial charge on any atom is 0.247 e. The second kappa shape index (κ2) is 10.1. The van der Waals surface area contributed by atoms with Gasteiger partial charge in [-0.25, -0.2) is 17.2 Å². The zero-order valence-electron chi connectivity index (χ0n) is 16.9. The molecule has 3 rings (SSSR count). The molecule has 3 aromatic rings. The van der Waals surface area contributed by atoms with E-state index in [0.717, 1.165) is 16.4 Å². The number of hydrogen-bond acceptors (Lipinski definition) is 4. The molecule has 6 nitrogen and oxygen atoms in total. The Morgan fingerprint density at radius 1 is 1.06 bits per heavy atom. The summed E-state index contributed by atoms with van der Waals surface area (Å²) < 4.78 is 60.0. The van der Waals surface area contributed by atoms with Gasteiger partial charge in [-0.2, -0.15) is 4.31 Å². The molecule has 0 atom stereocenters. The number of ether oxygens (including phenoxy) is 1. The molecular weight excluding hydrogens is 462 g/mol. The molecule has 0 saturated carbocycles. The first-order chi connectivity index (χ1) is 15.2. The Morgan fingerprint density at radius 3 is 2.44 bits per heavy atom. The van der Waals surface area contributed by atoms with Gasteiger partial charge in [0.15, 0.2) is 0 Å². The minimum Gasteiger partial charge on any atom is -0.495 e. The zero-order chi connectivity index (χ0) is 23.3. The Labute approximate surface area is 189 Å². The summed E-state index contributed by atoms with van der Waals surface area (Å²) in [6.07, 6.45) is 0. The largest absolute Gasteiger partial charge is 0.495 e. The number of carbonyl (C=O) groups excluding carboxylic acids is 1. The zero-order valence-corrected chi connectivity index (χ0v) is 18.5. The molecule has 0 spiro atoms. The first kappa shape index (κ1) is 23.6. The quantitative estimate of drug-likeness (QED) is 0.516. The number of halogens is 3. The molecule has 32 heavy (non-hydrogen) atoms. The highest BCUT2D eigenvalue weighted by molar-refractivity contribution is 7.89. The van der Waals surface area contributed by atoms with Gasteiger partial charge in [-0.05, 0) is 35.9 Å². The van der Waals surface area contributed by atoms with Gasteiger partial charge in [-0.1, -0.05) is 41.9 Å². The number of benzene rings is 3. The second-order valence-electron chi connectivity index (χ2n) is 6.73. The molecule has 0 aliphatic rings. The van der Waals surface area contributed by atoms with Crippen molar-refractivity contribution in [2.45, 2.75) is 11.4 Å². The SMILES string of the molecule is COc1ccc(Cl)cc1S(=O)(=O)N(CC(=O)Nc1ccc(F)cc1F)Cc1ccccc1. The van der Waals surface area contributed by atoms with Crippen LogP contribution in [0.2, 0.25) is 5.02 Å². The maximum atomic E-state index is 13.9. The fourth-order valence-corrected chi connectivity index (χ4v) is 4.75. The van der Waals surface area contributed by atoms with E-state index < -0.39 is 34.1 Å². The number of rotatable bonds is 8. The molecule has 10 heteroatoms. The summed E-state index contributed by atoms with van der Waals surface area (Å²) in [5, 5.41) is 2.44. The van der Waals surface area contributed by atoms with Crippen molar-refractivity contribution in [1.29, 1.82) is 0 Å². The Kier molecular flexibility index (Phi) is 7.44. The lowest BCUT2D eigenvalue weighted by Gasteiger charge is -2.23. The third-order valence-corrected chi connectivity index (χ3v) is 6.52. The van der Waals surface area contributed by atoms with Crippen molar-refractivity contribution in [2.75, 3.05) is 19.0 Å². The third-order valence-electron chi connectivity index (χ3n) is 4.47. The third kappa shape index (κ3) is 5.61. The van der Waals surface area contributed by atoms with Gasteiger partial charge in [0.1, 0.15) is 22.3 Å². The normalized spacial score (nSPS) is 11.4. The standard InChI is InChI=1S/C22H19ClF2N2O4S/c1-31-20-10-7-16(23)11-21(20)32(29,30)27(13-15-5-3-2-4-6-15)14-22(28)26-19-9-8-17(24)12-18(19)25/h2-12H,13-14H2,1H3,(H,26,28). The van der Waals surface area contributed by atoms with E-state index in [9.17, 15) is 22.0 Å². The molecule has 0 aromatic heterocycles. The average Bonchev–Trinajstić information content (AvgIpc) is 2.76. The van der Waals surface area contributed by atoms with Crippen LogP contribution in [0.4, 0.5) is 14.5 Å². The lowest BCUT2D eigenvalue weighted by molar-refractivity contribution is -0.116. The summed E-state index contributed by atoms with van der Waals surface area (Å²) in [5.74, 6) is -2.54. The van der Waals surface area contributed by atoms with Crippen LogP contribution in [-0.4, -0.2) is 32.3 Å². The van der Waals surface area contributed by atoms with E-state index in [4.69, 9.17) is 16.3 Å². The van der Waals surface area contributed by atoms with Gasteiger partial charge in [0, 0.05) is 17.6 Å². The van der Waals surface area contributed by atoms with Crippen LogP contribution in [0.25, 0.3) is 0 Å². The summed E-state index contributed by atoms with van der Waals surface area (Å²) >= 11 is 6.00. The smallest absolute Gasteiger partial charge is 0.247 e. The van der Waals surface area contributed by atoms with Gasteiger partial charge in [-0.3, -0.25) is 4.79 Å². The van der Waals surface area contributed by atoms with Crippen LogP contribution in [0.15, 0.2) is 71.6 Å². The van der Waals surface area contributed by atoms with E-state index in [0.29, 0.717) is 11.6 Å². The molecule has 1 N–H and O–H groups in total. The van der Waals surface area contributed by atoms with Crippen molar-refractivity contribution in [3.8, 4) is 5.75 Å². The van der Waals surface area contributed by atoms with Crippen molar-refractivity contribution >= 4 is 33.2 Å². The van der Waals surface area contributed by atoms with Gasteiger partial charge in [0.2, 0.25) is 15.9 Å². The van der Waals surface area contributed by atoms with Crippen LogP contribution in [0, 0.1) is 11.6 Å². The van der Waals surface area contributed by atoms with Gasteiger partial charge >= 0.3 is 0 Å². The molecule has 0 radical (unpaired) electrons. The van der Waals surface area contributed by atoms with E-state index in [1.807, 2.05) is 0 Å². The fraction of sp³-hybridized carbons (Fsp3) is 0.136. The number of methoxy groups -OCH3 is 1. The number of sulfonamides is 1. The van der Waals surface area contributed by atoms with E-state index in [-0.39, 0.29) is 27.9 Å². The summed E-state index contributed by atoms with van der Waals surface area (Å²) in [6, 6.07) is 15.4. The summed E-state index contributed by atoms with van der Waals surface area (Å²) in [6.45, 7) is -0.776. The minimum absolute atomic E-state index is 0.0532. The molecule has 0 aliphatic carbocycles. The molecular formula is C22H19ClF2N2O4S. The molecule has 1 amide bonds. The number of hydrogen-bond donors (Lipinski definition) is 1. The number of carbonyl (C=O) groups is 1. The summed E-state index contributed by atoms with van der Waals surface area (Å²) in [5.41, 5.74) is 0.353.